The van der Waals surface area contributed by atoms with Crippen molar-refractivity contribution in [3.05, 3.63) is 0 Å². The Morgan fingerprint density at radius 1 is 1.31 bits per heavy atom. The van der Waals surface area contributed by atoms with Crippen molar-refractivity contribution in [2.24, 2.45) is 5.92 Å². The monoisotopic (exact) mass is 183 g/mol. The molecule has 0 aromatic carbocycles. The topological polar surface area (TPSA) is 12.5 Å². The molecule has 1 heterocycles. The molecule has 76 valence electrons. The summed E-state index contributed by atoms with van der Waals surface area (Å²) in [6, 6.07) is 1.58. The van der Waals surface area contributed by atoms with Gasteiger partial charge in [-0.05, 0) is 46.6 Å². The van der Waals surface area contributed by atoms with Gasteiger partial charge in [0, 0.05) is 12.1 Å². The first-order valence-electron chi connectivity index (χ1n) is 5.33. The Morgan fingerprint density at radius 3 is 2.46 bits per heavy atom. The van der Waals surface area contributed by atoms with Gasteiger partial charge in [-0.15, -0.1) is 0 Å². The van der Waals surface area contributed by atoms with Crippen molar-refractivity contribution in [1.82, 2.24) is 4.90 Å². The van der Waals surface area contributed by atoms with Gasteiger partial charge in [-0.1, -0.05) is 0 Å². The van der Waals surface area contributed by atoms with E-state index in [-0.39, 0.29) is 5.60 Å². The second-order valence-corrected chi connectivity index (χ2v) is 5.54. The Labute approximate surface area is 81.3 Å². The second-order valence-electron chi connectivity index (χ2n) is 5.54. The average Bonchev–Trinajstić information content (AvgIpc) is 2.68. The van der Waals surface area contributed by atoms with Crippen LogP contribution in [0.1, 0.15) is 33.6 Å². The third-order valence-corrected chi connectivity index (χ3v) is 3.27. The molecule has 0 aromatic rings. The van der Waals surface area contributed by atoms with E-state index in [4.69, 9.17) is 4.74 Å². The van der Waals surface area contributed by atoms with E-state index in [0.717, 1.165) is 18.6 Å². The van der Waals surface area contributed by atoms with Crippen molar-refractivity contribution in [2.45, 2.75) is 51.3 Å². The second kappa shape index (κ2) is 2.96. The van der Waals surface area contributed by atoms with E-state index in [2.05, 4.69) is 32.7 Å². The summed E-state index contributed by atoms with van der Waals surface area (Å²) in [4.78, 5) is 2.51. The molecule has 2 nitrogen and oxygen atoms in total. The van der Waals surface area contributed by atoms with Crippen molar-refractivity contribution >= 4 is 0 Å². The number of nitrogens with zero attached hydrogens (tertiary/aromatic N) is 1. The summed E-state index contributed by atoms with van der Waals surface area (Å²) in [5, 5.41) is 0. The third kappa shape index (κ3) is 2.05. The van der Waals surface area contributed by atoms with Crippen LogP contribution in [0.15, 0.2) is 0 Å². The SMILES string of the molecule is CN1[C@H](COC(C)(C)C)C[C@@H]2C[C@@H]21. The van der Waals surface area contributed by atoms with Crippen molar-refractivity contribution in [3.63, 3.8) is 0 Å². The molecule has 1 aliphatic carbocycles. The summed E-state index contributed by atoms with van der Waals surface area (Å²) in [5.41, 5.74) is 0.0214. The zero-order chi connectivity index (χ0) is 9.64. The maximum Gasteiger partial charge on any atom is 0.0629 e. The van der Waals surface area contributed by atoms with Gasteiger partial charge in [0.15, 0.2) is 0 Å². The Bertz CT molecular complexity index is 197. The first-order chi connectivity index (χ1) is 5.97. The lowest BCUT2D eigenvalue weighted by atomic mass is 10.1. The zero-order valence-corrected chi connectivity index (χ0v) is 9.21. The number of hydrogen-bond donors (Lipinski definition) is 0. The average molecular weight is 183 g/mol. The number of fused-ring (bicyclic) bond motifs is 1. The van der Waals surface area contributed by atoms with Crippen molar-refractivity contribution in [2.75, 3.05) is 13.7 Å². The van der Waals surface area contributed by atoms with Crippen molar-refractivity contribution in [1.29, 1.82) is 0 Å². The quantitative estimate of drug-likeness (QED) is 0.648. The molecule has 2 aliphatic rings. The molecule has 0 spiro atoms. The molecule has 0 radical (unpaired) electrons. The van der Waals surface area contributed by atoms with Gasteiger partial charge in [0.25, 0.3) is 0 Å². The molecule has 3 atom stereocenters. The van der Waals surface area contributed by atoms with Crippen LogP contribution in [0.4, 0.5) is 0 Å². The Balaban J connectivity index is 1.77. The van der Waals surface area contributed by atoms with Gasteiger partial charge in [0.05, 0.1) is 12.2 Å². The maximum absolute atomic E-state index is 5.81. The highest BCUT2D eigenvalue weighted by Gasteiger charge is 2.50. The fourth-order valence-electron chi connectivity index (χ4n) is 2.30. The molecule has 2 heteroatoms. The highest BCUT2D eigenvalue weighted by Crippen LogP contribution is 2.46. The predicted molar refractivity (Wildman–Crippen MR) is 53.8 cm³/mol. The molecule has 1 saturated heterocycles. The lowest BCUT2D eigenvalue weighted by Crippen LogP contribution is -2.35. The van der Waals surface area contributed by atoms with Crippen LogP contribution in [-0.2, 0) is 4.74 Å². The van der Waals surface area contributed by atoms with E-state index in [1.165, 1.54) is 12.8 Å². The molecule has 2 fully saturated rings. The van der Waals surface area contributed by atoms with Crippen LogP contribution >= 0.6 is 0 Å². The summed E-state index contributed by atoms with van der Waals surface area (Å²) in [5.74, 6) is 0.999. The lowest BCUT2D eigenvalue weighted by Gasteiger charge is -2.27. The predicted octanol–water partition coefficient (Wildman–Crippen LogP) is 1.89. The minimum absolute atomic E-state index is 0.0214. The lowest BCUT2D eigenvalue weighted by molar-refractivity contribution is -0.0285. The van der Waals surface area contributed by atoms with Crippen LogP contribution in [0.25, 0.3) is 0 Å². The molecule has 2 rings (SSSR count). The molecular weight excluding hydrogens is 162 g/mol. The van der Waals surface area contributed by atoms with Crippen LogP contribution in [0, 0.1) is 5.92 Å². The Morgan fingerprint density at radius 2 is 2.00 bits per heavy atom. The molecule has 0 aromatic heterocycles. The van der Waals surface area contributed by atoms with Crippen molar-refractivity contribution in [3.8, 4) is 0 Å². The van der Waals surface area contributed by atoms with Gasteiger partial charge in [-0.25, -0.2) is 0 Å². The summed E-state index contributed by atoms with van der Waals surface area (Å²) in [6.07, 6.45) is 2.79. The van der Waals surface area contributed by atoms with Gasteiger partial charge in [0.1, 0.15) is 0 Å². The molecule has 0 N–H and O–H groups in total. The highest BCUT2D eigenvalue weighted by molar-refractivity contribution is 5.04. The normalized spacial score (nSPS) is 39.2. The Hall–Kier alpha value is -0.0800. The zero-order valence-electron chi connectivity index (χ0n) is 9.21. The summed E-state index contributed by atoms with van der Waals surface area (Å²) in [7, 11) is 2.24. The fourth-order valence-corrected chi connectivity index (χ4v) is 2.30. The number of rotatable bonds is 2. The smallest absolute Gasteiger partial charge is 0.0629 e. The summed E-state index contributed by atoms with van der Waals surface area (Å²) < 4.78 is 5.81. The first-order valence-corrected chi connectivity index (χ1v) is 5.33. The molecule has 13 heavy (non-hydrogen) atoms. The van der Waals surface area contributed by atoms with Gasteiger partial charge >= 0.3 is 0 Å². The van der Waals surface area contributed by atoms with E-state index < -0.39 is 0 Å². The van der Waals surface area contributed by atoms with Gasteiger partial charge < -0.3 is 4.74 Å². The van der Waals surface area contributed by atoms with E-state index in [9.17, 15) is 0 Å². The molecule has 1 aliphatic heterocycles. The van der Waals surface area contributed by atoms with Crippen LogP contribution in [0.3, 0.4) is 0 Å². The van der Waals surface area contributed by atoms with Crippen LogP contribution in [0.5, 0.6) is 0 Å². The number of likely N-dealkylation sites (N-methyl/N-ethyl adjacent to an activating group) is 1. The van der Waals surface area contributed by atoms with E-state index in [1.54, 1.807) is 0 Å². The number of piperidine rings is 1. The van der Waals surface area contributed by atoms with E-state index in [0.29, 0.717) is 6.04 Å². The number of ether oxygens (including phenoxy) is 1. The van der Waals surface area contributed by atoms with Crippen molar-refractivity contribution < 1.29 is 4.74 Å². The maximum atomic E-state index is 5.81. The number of likely N-dealkylation sites (tertiary alicyclic amines) is 1. The Kier molecular flexibility index (Phi) is 2.16. The molecular formula is C11H21NO. The van der Waals surface area contributed by atoms with Gasteiger partial charge in [-0.3, -0.25) is 4.90 Å². The minimum atomic E-state index is 0.0214. The van der Waals surface area contributed by atoms with Crippen LogP contribution in [-0.4, -0.2) is 36.2 Å². The standard InChI is InChI=1S/C11H21NO/c1-11(2,3)13-7-9-5-8-6-10(8)12(9)4/h8-10H,5-7H2,1-4H3/t8-,9+,10+/m1/s1. The van der Waals surface area contributed by atoms with Gasteiger partial charge in [-0.2, -0.15) is 0 Å². The first kappa shape index (κ1) is 9.47. The summed E-state index contributed by atoms with van der Waals surface area (Å²) >= 11 is 0. The highest BCUT2D eigenvalue weighted by atomic mass is 16.5. The third-order valence-electron chi connectivity index (χ3n) is 3.27. The molecule has 0 unspecified atom stereocenters. The van der Waals surface area contributed by atoms with E-state index >= 15 is 0 Å². The van der Waals surface area contributed by atoms with Crippen LogP contribution < -0.4 is 0 Å². The molecule has 0 amide bonds. The fraction of sp³-hybridized carbons (Fsp3) is 1.00. The largest absolute Gasteiger partial charge is 0.374 e. The molecule has 1 saturated carbocycles. The van der Waals surface area contributed by atoms with E-state index in [1.807, 2.05) is 0 Å². The van der Waals surface area contributed by atoms with Gasteiger partial charge in [0.2, 0.25) is 0 Å². The molecule has 0 bridgehead atoms. The minimum Gasteiger partial charge on any atom is -0.374 e. The summed E-state index contributed by atoms with van der Waals surface area (Å²) in [6.45, 7) is 7.29. The number of hydrogen-bond acceptors (Lipinski definition) is 2. The van der Waals surface area contributed by atoms with Crippen LogP contribution in [0.2, 0.25) is 0 Å².